The molecule has 0 amide bonds. The van der Waals surface area contributed by atoms with Gasteiger partial charge in [0.2, 0.25) is 0 Å². The van der Waals surface area contributed by atoms with Gasteiger partial charge in [-0.15, -0.1) is 0 Å². The number of allylic oxidation sites excluding steroid dienone is 4. The Bertz CT molecular complexity index is 750. The minimum absolute atomic E-state index is 0. The molecule has 0 saturated heterocycles. The van der Waals surface area contributed by atoms with Crippen LogP contribution in [0, 0.1) is 5.92 Å². The Morgan fingerprint density at radius 1 is 1.00 bits per heavy atom. The van der Waals surface area contributed by atoms with Crippen LogP contribution in [0.5, 0.6) is 0 Å². The molecule has 2 aromatic carbocycles. The van der Waals surface area contributed by atoms with Crippen molar-refractivity contribution >= 4 is 16.3 Å². The second-order valence-corrected chi connectivity index (χ2v) is 5.65. The van der Waals surface area contributed by atoms with Gasteiger partial charge in [0.25, 0.3) is 0 Å². The monoisotopic (exact) mass is 382 g/mol. The zero-order valence-electron chi connectivity index (χ0n) is 13.5. The van der Waals surface area contributed by atoms with Crippen LogP contribution in [-0.4, -0.2) is 5.11 Å². The van der Waals surface area contributed by atoms with E-state index in [-0.39, 0.29) is 53.1 Å². The van der Waals surface area contributed by atoms with Crippen molar-refractivity contribution in [3.63, 3.8) is 0 Å². The third-order valence-corrected chi connectivity index (χ3v) is 4.44. The summed E-state index contributed by atoms with van der Waals surface area (Å²) in [4.78, 5) is 0. The van der Waals surface area contributed by atoms with Crippen LogP contribution in [0.4, 0.5) is 0 Å². The maximum absolute atomic E-state index is 9.88. The molecule has 0 bridgehead atoms. The molecular weight excluding hydrogens is 363 g/mol. The number of benzene rings is 2. The topological polar surface area (TPSA) is 20.2 Å². The van der Waals surface area contributed by atoms with Gasteiger partial charge < -0.3 is 29.9 Å². The molecule has 1 unspecified atom stereocenters. The molecule has 0 saturated carbocycles. The van der Waals surface area contributed by atoms with Crippen LogP contribution < -0.4 is 24.8 Å². The Hall–Kier alpha value is -0.566. The molecule has 1 aliphatic rings. The summed E-state index contributed by atoms with van der Waals surface area (Å²) in [6.07, 6.45) is 2.31. The first-order valence-corrected chi connectivity index (χ1v) is 7.15. The quantitative estimate of drug-likeness (QED) is 0.640. The fraction of sp³-hybridized carbons (Fsp3) is 0.263. The first kappa shape index (κ1) is 22.4. The van der Waals surface area contributed by atoms with Crippen LogP contribution in [0.1, 0.15) is 31.9 Å². The van der Waals surface area contributed by atoms with Crippen LogP contribution in [0.2, 0.25) is 0 Å². The van der Waals surface area contributed by atoms with Crippen molar-refractivity contribution in [3.05, 3.63) is 64.7 Å². The zero-order chi connectivity index (χ0) is 14.3. The second-order valence-electron chi connectivity index (χ2n) is 5.65. The van der Waals surface area contributed by atoms with Gasteiger partial charge in [0, 0.05) is 5.92 Å². The average Bonchev–Trinajstić information content (AvgIpc) is 2.71. The van der Waals surface area contributed by atoms with E-state index in [0.717, 1.165) is 10.9 Å². The van der Waals surface area contributed by atoms with Gasteiger partial charge in [-0.2, -0.15) is 0 Å². The zero-order valence-corrected chi connectivity index (χ0v) is 16.6. The molecule has 0 aromatic heterocycles. The van der Waals surface area contributed by atoms with Gasteiger partial charge in [-0.1, -0.05) is 55.0 Å². The standard InChI is InChI=1S/C19H20O.2ClH.Ti/c1-12-10-13(2)19(14(12)3)17-9-8-15-6-4-5-7-16(15)18(17)11-20;;;/h4-10,13,20H,11H2,1-3H3;2*1H;/q;;;+2/p-2. The number of hydrogen-bond acceptors (Lipinski definition) is 1. The van der Waals surface area contributed by atoms with Crippen molar-refractivity contribution in [2.75, 3.05) is 0 Å². The Morgan fingerprint density at radius 2 is 1.65 bits per heavy atom. The molecule has 120 valence electrons. The summed E-state index contributed by atoms with van der Waals surface area (Å²) in [5, 5.41) is 12.2. The summed E-state index contributed by atoms with van der Waals surface area (Å²) in [5.74, 6) is 0.418. The maximum atomic E-state index is 9.88. The largest absolute Gasteiger partial charge is 2.00 e. The molecule has 0 heterocycles. The molecule has 0 fully saturated rings. The molecule has 1 aliphatic carbocycles. The van der Waals surface area contributed by atoms with Gasteiger partial charge in [0.05, 0.1) is 6.61 Å². The van der Waals surface area contributed by atoms with E-state index in [4.69, 9.17) is 0 Å². The Labute approximate surface area is 165 Å². The molecule has 23 heavy (non-hydrogen) atoms. The van der Waals surface area contributed by atoms with Crippen molar-refractivity contribution in [2.45, 2.75) is 27.4 Å². The van der Waals surface area contributed by atoms with Gasteiger partial charge in [-0.05, 0) is 46.9 Å². The van der Waals surface area contributed by atoms with E-state index in [1.165, 1.54) is 27.7 Å². The van der Waals surface area contributed by atoms with Crippen LogP contribution in [0.3, 0.4) is 0 Å². The van der Waals surface area contributed by atoms with E-state index in [9.17, 15) is 5.11 Å². The fourth-order valence-electron chi connectivity index (χ4n) is 3.34. The molecule has 4 heteroatoms. The molecule has 0 radical (unpaired) electrons. The van der Waals surface area contributed by atoms with Crippen molar-refractivity contribution in [3.8, 4) is 0 Å². The SMILES string of the molecule is CC1=CC(C)C(c2ccc3ccccc3c2CO)=C1C.[Cl-].[Cl-].[Ti+2]. The summed E-state index contributed by atoms with van der Waals surface area (Å²) in [7, 11) is 0. The minimum Gasteiger partial charge on any atom is -1.00 e. The fourth-order valence-corrected chi connectivity index (χ4v) is 3.34. The third-order valence-electron chi connectivity index (χ3n) is 4.44. The molecule has 0 aliphatic heterocycles. The Morgan fingerprint density at radius 3 is 2.22 bits per heavy atom. The first-order chi connectivity index (χ1) is 9.63. The third kappa shape index (κ3) is 3.92. The first-order valence-electron chi connectivity index (χ1n) is 7.15. The van der Waals surface area contributed by atoms with E-state index in [2.05, 4.69) is 51.1 Å². The minimum atomic E-state index is 0. The summed E-state index contributed by atoms with van der Waals surface area (Å²) < 4.78 is 0. The Kier molecular flexibility index (Phi) is 8.83. The van der Waals surface area contributed by atoms with E-state index >= 15 is 0 Å². The van der Waals surface area contributed by atoms with E-state index in [1.54, 1.807) is 0 Å². The molecule has 0 spiro atoms. The van der Waals surface area contributed by atoms with E-state index in [0.29, 0.717) is 5.92 Å². The van der Waals surface area contributed by atoms with Crippen molar-refractivity contribution in [1.29, 1.82) is 0 Å². The molecular formula is C19H20Cl2OTi. The van der Waals surface area contributed by atoms with Gasteiger partial charge in [-0.3, -0.25) is 0 Å². The predicted octanol–water partition coefficient (Wildman–Crippen LogP) is -1.29. The maximum Gasteiger partial charge on any atom is 2.00 e. The van der Waals surface area contributed by atoms with Gasteiger partial charge in [0.15, 0.2) is 0 Å². The normalized spacial score (nSPS) is 16.3. The molecule has 1 nitrogen and oxygen atoms in total. The molecule has 1 atom stereocenters. The van der Waals surface area contributed by atoms with E-state index < -0.39 is 0 Å². The number of hydrogen-bond donors (Lipinski definition) is 1. The Balaban J connectivity index is 0.00000161. The van der Waals surface area contributed by atoms with Crippen LogP contribution in [0.15, 0.2) is 53.6 Å². The van der Waals surface area contributed by atoms with Crippen molar-refractivity contribution in [2.24, 2.45) is 5.92 Å². The number of rotatable bonds is 2. The van der Waals surface area contributed by atoms with Gasteiger partial charge in [-0.25, -0.2) is 0 Å². The van der Waals surface area contributed by atoms with Gasteiger partial charge in [0.1, 0.15) is 0 Å². The average molecular weight is 383 g/mol. The van der Waals surface area contributed by atoms with Crippen molar-refractivity contribution in [1.82, 2.24) is 0 Å². The summed E-state index contributed by atoms with van der Waals surface area (Å²) >= 11 is 0. The number of halogens is 2. The number of aliphatic hydroxyl groups is 1. The van der Waals surface area contributed by atoms with Crippen LogP contribution >= 0.6 is 0 Å². The van der Waals surface area contributed by atoms with E-state index in [1.807, 2.05) is 12.1 Å². The predicted molar refractivity (Wildman–Crippen MR) is 85.4 cm³/mol. The van der Waals surface area contributed by atoms with Crippen LogP contribution in [-0.2, 0) is 28.3 Å². The smallest absolute Gasteiger partial charge is 1.00 e. The molecule has 2 aromatic rings. The summed E-state index contributed by atoms with van der Waals surface area (Å²) in [6.45, 7) is 6.66. The molecule has 3 rings (SSSR count). The van der Waals surface area contributed by atoms with Gasteiger partial charge >= 0.3 is 21.7 Å². The summed E-state index contributed by atoms with van der Waals surface area (Å²) in [6, 6.07) is 12.6. The number of aliphatic hydroxyl groups excluding tert-OH is 1. The van der Waals surface area contributed by atoms with Crippen LogP contribution in [0.25, 0.3) is 16.3 Å². The number of fused-ring (bicyclic) bond motifs is 1. The van der Waals surface area contributed by atoms with Crippen molar-refractivity contribution < 1.29 is 51.6 Å². The second kappa shape index (κ2) is 9.06. The molecule has 1 N–H and O–H groups in total. The summed E-state index contributed by atoms with van der Waals surface area (Å²) in [5.41, 5.74) is 6.31.